The van der Waals surface area contributed by atoms with Gasteiger partial charge >= 0.3 is 0 Å². The van der Waals surface area contributed by atoms with E-state index < -0.39 is 0 Å². The van der Waals surface area contributed by atoms with Crippen molar-refractivity contribution in [2.75, 3.05) is 13.1 Å². The van der Waals surface area contributed by atoms with Crippen LogP contribution in [0.4, 0.5) is 0 Å². The lowest BCUT2D eigenvalue weighted by Crippen LogP contribution is -2.26. The van der Waals surface area contributed by atoms with Gasteiger partial charge in [-0.3, -0.25) is 4.90 Å². The van der Waals surface area contributed by atoms with Crippen LogP contribution in [0.1, 0.15) is 36.1 Å². The van der Waals surface area contributed by atoms with Crippen molar-refractivity contribution in [1.29, 1.82) is 0 Å². The summed E-state index contributed by atoms with van der Waals surface area (Å²) in [6.45, 7) is 7.55. The smallest absolute Gasteiger partial charge is 0.107 e. The lowest BCUT2D eigenvalue weighted by Gasteiger charge is -2.12. The molecule has 0 saturated carbocycles. The summed E-state index contributed by atoms with van der Waals surface area (Å²) in [5, 5.41) is 1.23. The third-order valence-corrected chi connectivity index (χ3v) is 4.09. The molecule has 2 N–H and O–H groups in total. The van der Waals surface area contributed by atoms with E-state index in [1.54, 1.807) is 0 Å². The van der Waals surface area contributed by atoms with Gasteiger partial charge in [-0.05, 0) is 12.3 Å². The summed E-state index contributed by atoms with van der Waals surface area (Å²) < 4.78 is 0. The van der Waals surface area contributed by atoms with Crippen molar-refractivity contribution >= 4 is 23.7 Å². The first-order chi connectivity index (χ1) is 7.15. The van der Waals surface area contributed by atoms with Crippen LogP contribution in [0.15, 0.2) is 6.20 Å². The van der Waals surface area contributed by atoms with Crippen LogP contribution in [-0.4, -0.2) is 29.0 Å². The van der Waals surface area contributed by atoms with Gasteiger partial charge in [0, 0.05) is 30.2 Å². The SMILES string of the molecule is CC(C)c1cnc(CN2CC[C@H](N)C2)s1.Cl. The van der Waals surface area contributed by atoms with Crippen molar-refractivity contribution in [3.63, 3.8) is 0 Å². The molecule has 1 aromatic heterocycles. The summed E-state index contributed by atoms with van der Waals surface area (Å²) in [5.74, 6) is 0.595. The number of hydrogen-bond acceptors (Lipinski definition) is 4. The van der Waals surface area contributed by atoms with Crippen molar-refractivity contribution in [3.05, 3.63) is 16.1 Å². The second-order valence-corrected chi connectivity index (χ2v) is 5.74. The molecule has 0 spiro atoms. The van der Waals surface area contributed by atoms with Crippen LogP contribution in [0.25, 0.3) is 0 Å². The van der Waals surface area contributed by atoms with Gasteiger partial charge in [0.1, 0.15) is 5.01 Å². The monoisotopic (exact) mass is 261 g/mol. The summed E-state index contributed by atoms with van der Waals surface area (Å²) in [6, 6.07) is 0.370. The van der Waals surface area contributed by atoms with Gasteiger partial charge in [-0.2, -0.15) is 0 Å². The predicted molar refractivity (Wildman–Crippen MR) is 71.3 cm³/mol. The Morgan fingerprint density at radius 3 is 2.88 bits per heavy atom. The maximum atomic E-state index is 5.87. The molecule has 3 nitrogen and oxygen atoms in total. The minimum absolute atomic E-state index is 0. The van der Waals surface area contributed by atoms with E-state index in [-0.39, 0.29) is 12.4 Å². The van der Waals surface area contributed by atoms with Gasteiger partial charge < -0.3 is 5.73 Å². The number of nitrogens with two attached hydrogens (primary N) is 1. The van der Waals surface area contributed by atoms with Gasteiger partial charge in [0.15, 0.2) is 0 Å². The Labute approximate surface area is 107 Å². The second-order valence-electron chi connectivity index (χ2n) is 4.59. The van der Waals surface area contributed by atoms with E-state index in [9.17, 15) is 0 Å². The number of aromatic nitrogens is 1. The Balaban J connectivity index is 0.00000128. The Hall–Kier alpha value is -0.160. The Morgan fingerprint density at radius 2 is 2.38 bits per heavy atom. The van der Waals surface area contributed by atoms with Crippen LogP contribution >= 0.6 is 23.7 Å². The van der Waals surface area contributed by atoms with Gasteiger partial charge in [-0.25, -0.2) is 4.98 Å². The number of nitrogens with zero attached hydrogens (tertiary/aromatic N) is 2. The van der Waals surface area contributed by atoms with Crippen LogP contribution in [0, 0.1) is 0 Å². The molecular weight excluding hydrogens is 242 g/mol. The Kier molecular flexibility index (Phi) is 5.18. The molecule has 1 aliphatic rings. The van der Waals surface area contributed by atoms with Crippen LogP contribution in [0.3, 0.4) is 0 Å². The topological polar surface area (TPSA) is 42.2 Å². The van der Waals surface area contributed by atoms with Crippen LogP contribution in [-0.2, 0) is 6.54 Å². The average Bonchev–Trinajstić information content (AvgIpc) is 2.76. The molecule has 0 aliphatic carbocycles. The molecule has 0 amide bonds. The molecule has 5 heteroatoms. The first-order valence-electron chi connectivity index (χ1n) is 5.57. The van der Waals surface area contributed by atoms with Gasteiger partial charge in [-0.1, -0.05) is 13.8 Å². The quantitative estimate of drug-likeness (QED) is 0.907. The molecule has 1 aliphatic heterocycles. The van der Waals surface area contributed by atoms with E-state index in [0.29, 0.717) is 12.0 Å². The highest BCUT2D eigenvalue weighted by atomic mass is 35.5. The van der Waals surface area contributed by atoms with E-state index in [1.807, 2.05) is 17.5 Å². The summed E-state index contributed by atoms with van der Waals surface area (Å²) in [4.78, 5) is 8.24. The molecule has 0 unspecified atom stereocenters. The van der Waals surface area contributed by atoms with Crippen molar-refractivity contribution in [1.82, 2.24) is 9.88 Å². The molecular formula is C11H20ClN3S. The fraction of sp³-hybridized carbons (Fsp3) is 0.727. The maximum Gasteiger partial charge on any atom is 0.107 e. The summed E-state index contributed by atoms with van der Waals surface area (Å²) >= 11 is 1.84. The van der Waals surface area contributed by atoms with Crippen molar-refractivity contribution in [2.45, 2.75) is 38.8 Å². The Bertz CT molecular complexity index is 327. The highest BCUT2D eigenvalue weighted by molar-refractivity contribution is 7.11. The van der Waals surface area contributed by atoms with Crippen molar-refractivity contribution in [3.8, 4) is 0 Å². The normalized spacial score (nSPS) is 21.4. The third kappa shape index (κ3) is 3.42. The van der Waals surface area contributed by atoms with Crippen molar-refractivity contribution < 1.29 is 0 Å². The van der Waals surface area contributed by atoms with E-state index in [2.05, 4.69) is 23.7 Å². The number of thiazole rings is 1. The first kappa shape index (κ1) is 13.9. The van der Waals surface area contributed by atoms with Crippen LogP contribution < -0.4 is 5.73 Å². The first-order valence-corrected chi connectivity index (χ1v) is 6.39. The molecule has 0 radical (unpaired) electrons. The summed E-state index contributed by atoms with van der Waals surface area (Å²) in [5.41, 5.74) is 5.87. The second kappa shape index (κ2) is 5.96. The maximum absolute atomic E-state index is 5.87. The zero-order valence-corrected chi connectivity index (χ0v) is 11.5. The van der Waals surface area contributed by atoms with E-state index >= 15 is 0 Å². The highest BCUT2D eigenvalue weighted by Gasteiger charge is 2.20. The van der Waals surface area contributed by atoms with Gasteiger partial charge in [0.2, 0.25) is 0 Å². The molecule has 2 heterocycles. The summed E-state index contributed by atoms with van der Waals surface area (Å²) in [7, 11) is 0. The number of halogens is 1. The van der Waals surface area contributed by atoms with E-state index in [0.717, 1.165) is 26.1 Å². The number of likely N-dealkylation sites (tertiary alicyclic amines) is 1. The molecule has 1 aromatic rings. The lowest BCUT2D eigenvalue weighted by atomic mass is 10.2. The zero-order chi connectivity index (χ0) is 10.8. The minimum atomic E-state index is 0. The molecule has 0 aromatic carbocycles. The molecule has 1 saturated heterocycles. The third-order valence-electron chi connectivity index (χ3n) is 2.81. The molecule has 1 fully saturated rings. The zero-order valence-electron chi connectivity index (χ0n) is 9.85. The van der Waals surface area contributed by atoms with Gasteiger partial charge in [0.05, 0.1) is 6.54 Å². The standard InChI is InChI=1S/C11H19N3S.ClH/c1-8(2)10-5-13-11(15-10)7-14-4-3-9(12)6-14;/h5,8-9H,3-4,6-7,12H2,1-2H3;1H/t9-;/m0./s1. The average molecular weight is 262 g/mol. The molecule has 0 bridgehead atoms. The number of hydrogen-bond donors (Lipinski definition) is 1. The fourth-order valence-corrected chi connectivity index (χ4v) is 2.83. The molecule has 92 valence electrons. The molecule has 16 heavy (non-hydrogen) atoms. The summed E-state index contributed by atoms with van der Waals surface area (Å²) in [6.07, 6.45) is 3.14. The van der Waals surface area contributed by atoms with E-state index in [4.69, 9.17) is 5.73 Å². The van der Waals surface area contributed by atoms with Gasteiger partial charge in [0.25, 0.3) is 0 Å². The van der Waals surface area contributed by atoms with Crippen LogP contribution in [0.2, 0.25) is 0 Å². The largest absolute Gasteiger partial charge is 0.326 e. The fourth-order valence-electron chi connectivity index (χ4n) is 1.86. The molecule has 2 rings (SSSR count). The molecule has 1 atom stereocenters. The van der Waals surface area contributed by atoms with Crippen molar-refractivity contribution in [2.24, 2.45) is 5.73 Å². The lowest BCUT2D eigenvalue weighted by molar-refractivity contribution is 0.326. The minimum Gasteiger partial charge on any atom is -0.326 e. The Morgan fingerprint density at radius 1 is 1.62 bits per heavy atom. The predicted octanol–water partition coefficient (Wildman–Crippen LogP) is 2.22. The van der Waals surface area contributed by atoms with Crippen LogP contribution in [0.5, 0.6) is 0 Å². The number of rotatable bonds is 3. The van der Waals surface area contributed by atoms with E-state index in [1.165, 1.54) is 9.88 Å². The van der Waals surface area contributed by atoms with Gasteiger partial charge in [-0.15, -0.1) is 23.7 Å². The highest BCUT2D eigenvalue weighted by Crippen LogP contribution is 2.23.